The highest BCUT2D eigenvalue weighted by molar-refractivity contribution is 5.90. The highest BCUT2D eigenvalue weighted by Crippen LogP contribution is 2.38. The largest absolute Gasteiger partial charge is 0.503 e. The first-order valence-electron chi connectivity index (χ1n) is 4.86. The van der Waals surface area contributed by atoms with E-state index in [9.17, 15) is 26.3 Å². The minimum Gasteiger partial charge on any atom is -0.503 e. The van der Waals surface area contributed by atoms with Gasteiger partial charge in [-0.1, -0.05) is 0 Å². The van der Waals surface area contributed by atoms with E-state index in [1.54, 1.807) is 0 Å². The highest BCUT2D eigenvalue weighted by Gasteiger charge is 2.29. The summed E-state index contributed by atoms with van der Waals surface area (Å²) in [5.74, 6) is -13.4. The van der Waals surface area contributed by atoms with Gasteiger partial charge >= 0.3 is 0 Å². The van der Waals surface area contributed by atoms with E-state index in [0.29, 0.717) is 0 Å². The smallest absolute Gasteiger partial charge is 0.204 e. The van der Waals surface area contributed by atoms with Crippen molar-refractivity contribution in [2.24, 2.45) is 0 Å². The minimum absolute atomic E-state index is 1.01. The van der Waals surface area contributed by atoms with Crippen molar-refractivity contribution in [3.8, 4) is 5.75 Å². The molecule has 2 N–H and O–H groups in total. The number of anilines is 1. The SMILES string of the molecule is CNc1c(F)c(F)c2c(F)c(O)c(F)c(F)c2c1F. The van der Waals surface area contributed by atoms with Crippen LogP contribution in [0.5, 0.6) is 5.75 Å². The van der Waals surface area contributed by atoms with Gasteiger partial charge in [0.1, 0.15) is 5.69 Å². The van der Waals surface area contributed by atoms with E-state index in [4.69, 9.17) is 5.11 Å². The summed E-state index contributed by atoms with van der Waals surface area (Å²) < 4.78 is 80.7. The molecule has 2 aromatic rings. The van der Waals surface area contributed by atoms with Crippen LogP contribution < -0.4 is 5.32 Å². The molecule has 0 atom stereocenters. The van der Waals surface area contributed by atoms with E-state index in [2.05, 4.69) is 0 Å². The van der Waals surface area contributed by atoms with Crippen LogP contribution in [0, 0.1) is 34.9 Å². The molecule has 0 saturated carbocycles. The molecule has 2 aromatic carbocycles. The summed E-state index contributed by atoms with van der Waals surface area (Å²) in [6.45, 7) is 0. The summed E-state index contributed by atoms with van der Waals surface area (Å²) in [6, 6.07) is 0. The predicted molar refractivity (Wildman–Crippen MR) is 54.9 cm³/mol. The van der Waals surface area contributed by atoms with Crippen molar-refractivity contribution in [2.75, 3.05) is 12.4 Å². The number of phenolic OH excluding ortho intramolecular Hbond substituents is 1. The molecule has 0 aromatic heterocycles. The molecule has 0 aliphatic heterocycles. The molecule has 2 nitrogen and oxygen atoms in total. The zero-order valence-corrected chi connectivity index (χ0v) is 9.22. The summed E-state index contributed by atoms with van der Waals surface area (Å²) in [6.07, 6.45) is 0. The summed E-state index contributed by atoms with van der Waals surface area (Å²) >= 11 is 0. The molecule has 8 heteroatoms. The Labute approximate surface area is 102 Å². The number of hydrogen-bond acceptors (Lipinski definition) is 2. The van der Waals surface area contributed by atoms with Gasteiger partial charge in [-0.05, 0) is 0 Å². The summed E-state index contributed by atoms with van der Waals surface area (Å²) in [5, 5.41) is 7.90. The van der Waals surface area contributed by atoms with Crippen LogP contribution in [0.4, 0.5) is 32.0 Å². The number of phenols is 1. The molecular weight excluding hydrogens is 276 g/mol. The second-order valence-electron chi connectivity index (χ2n) is 3.61. The molecule has 2 rings (SSSR count). The Morgan fingerprint density at radius 3 is 1.68 bits per heavy atom. The molecule has 0 saturated heterocycles. The normalized spacial score (nSPS) is 11.1. The van der Waals surface area contributed by atoms with Crippen molar-refractivity contribution in [2.45, 2.75) is 0 Å². The Morgan fingerprint density at radius 1 is 0.684 bits per heavy atom. The van der Waals surface area contributed by atoms with Crippen molar-refractivity contribution < 1.29 is 31.4 Å². The number of hydrogen-bond donors (Lipinski definition) is 2. The number of rotatable bonds is 1. The van der Waals surface area contributed by atoms with Crippen molar-refractivity contribution in [3.05, 3.63) is 34.9 Å². The van der Waals surface area contributed by atoms with Gasteiger partial charge in [0.15, 0.2) is 34.8 Å². The number of benzene rings is 2. The third kappa shape index (κ3) is 1.59. The van der Waals surface area contributed by atoms with Gasteiger partial charge in [-0.3, -0.25) is 0 Å². The maximum atomic E-state index is 13.7. The molecule has 0 amide bonds. The lowest BCUT2D eigenvalue weighted by Crippen LogP contribution is -2.05. The van der Waals surface area contributed by atoms with Crippen LogP contribution >= 0.6 is 0 Å². The highest BCUT2D eigenvalue weighted by atomic mass is 19.2. The van der Waals surface area contributed by atoms with Gasteiger partial charge in [-0.15, -0.1) is 0 Å². The first kappa shape index (κ1) is 13.3. The molecule has 0 bridgehead atoms. The molecule has 102 valence electrons. The molecule has 0 spiro atoms. The number of nitrogens with one attached hydrogen (secondary N) is 1. The van der Waals surface area contributed by atoms with Crippen LogP contribution in [-0.4, -0.2) is 12.2 Å². The number of aromatic hydroxyl groups is 1. The standard InChI is InChI=1S/C11H5F6NO/c1-18-10-6(14)2-3(4(12)8(10)16)7(15)11(19)9(17)5(2)13/h18-19H,1H3. The van der Waals surface area contributed by atoms with Crippen molar-refractivity contribution in [3.63, 3.8) is 0 Å². The fourth-order valence-corrected chi connectivity index (χ4v) is 1.72. The molecule has 19 heavy (non-hydrogen) atoms. The Hall–Kier alpha value is -2.12. The Kier molecular flexibility index (Phi) is 2.95. The van der Waals surface area contributed by atoms with Crippen LogP contribution in [-0.2, 0) is 0 Å². The Morgan fingerprint density at radius 2 is 1.16 bits per heavy atom. The van der Waals surface area contributed by atoms with Gasteiger partial charge < -0.3 is 10.4 Å². The monoisotopic (exact) mass is 281 g/mol. The van der Waals surface area contributed by atoms with E-state index in [0.717, 1.165) is 7.05 Å². The molecule has 0 unspecified atom stereocenters. The third-order valence-electron chi connectivity index (χ3n) is 2.62. The fourth-order valence-electron chi connectivity index (χ4n) is 1.72. The van der Waals surface area contributed by atoms with Crippen LogP contribution in [0.3, 0.4) is 0 Å². The number of halogens is 6. The summed E-state index contributed by atoms with van der Waals surface area (Å²) in [7, 11) is 1.01. The second kappa shape index (κ2) is 4.22. The molecule has 0 fully saturated rings. The lowest BCUT2D eigenvalue weighted by atomic mass is 10.1. The topological polar surface area (TPSA) is 32.3 Å². The van der Waals surface area contributed by atoms with Crippen LogP contribution in [0.25, 0.3) is 10.8 Å². The zero-order chi connectivity index (χ0) is 14.5. The van der Waals surface area contributed by atoms with Crippen LogP contribution in [0.1, 0.15) is 0 Å². The average molecular weight is 281 g/mol. The third-order valence-corrected chi connectivity index (χ3v) is 2.62. The summed E-state index contributed by atoms with van der Waals surface area (Å²) in [4.78, 5) is 0. The van der Waals surface area contributed by atoms with E-state index < -0.39 is 57.1 Å². The number of fused-ring (bicyclic) bond motifs is 1. The van der Waals surface area contributed by atoms with E-state index in [1.807, 2.05) is 5.32 Å². The average Bonchev–Trinajstić information content (AvgIpc) is 2.38. The zero-order valence-electron chi connectivity index (χ0n) is 9.22. The quantitative estimate of drug-likeness (QED) is 0.620. The minimum atomic E-state index is -2.09. The molecule has 0 radical (unpaired) electrons. The van der Waals surface area contributed by atoms with Crippen molar-refractivity contribution in [1.29, 1.82) is 0 Å². The van der Waals surface area contributed by atoms with Gasteiger partial charge in [0.25, 0.3) is 0 Å². The van der Waals surface area contributed by atoms with Gasteiger partial charge in [-0.2, -0.15) is 4.39 Å². The molecule has 0 aliphatic rings. The predicted octanol–water partition coefficient (Wildman–Crippen LogP) is 3.42. The molecular formula is C11H5F6NO. The van der Waals surface area contributed by atoms with Crippen LogP contribution in [0.2, 0.25) is 0 Å². The van der Waals surface area contributed by atoms with Crippen LogP contribution in [0.15, 0.2) is 0 Å². The van der Waals surface area contributed by atoms with Gasteiger partial charge in [0.2, 0.25) is 5.82 Å². The lowest BCUT2D eigenvalue weighted by molar-refractivity contribution is 0.379. The first-order chi connectivity index (χ1) is 8.82. The maximum Gasteiger partial charge on any atom is 0.204 e. The van der Waals surface area contributed by atoms with Crippen molar-refractivity contribution in [1.82, 2.24) is 0 Å². The lowest BCUT2D eigenvalue weighted by Gasteiger charge is -2.12. The van der Waals surface area contributed by atoms with E-state index in [-0.39, 0.29) is 0 Å². The molecule has 0 heterocycles. The van der Waals surface area contributed by atoms with Crippen molar-refractivity contribution >= 4 is 16.5 Å². The fraction of sp³-hybridized carbons (Fsp3) is 0.0909. The first-order valence-corrected chi connectivity index (χ1v) is 4.86. The van der Waals surface area contributed by atoms with Gasteiger partial charge in [-0.25, -0.2) is 22.0 Å². The second-order valence-corrected chi connectivity index (χ2v) is 3.61. The van der Waals surface area contributed by atoms with E-state index >= 15 is 0 Å². The van der Waals surface area contributed by atoms with E-state index in [1.165, 1.54) is 0 Å². The molecule has 0 aliphatic carbocycles. The van der Waals surface area contributed by atoms with Gasteiger partial charge in [0.05, 0.1) is 10.8 Å². The Balaban J connectivity index is 3.18. The Bertz CT molecular complexity index is 700. The van der Waals surface area contributed by atoms with Gasteiger partial charge in [0, 0.05) is 7.05 Å². The summed E-state index contributed by atoms with van der Waals surface area (Å²) in [5.41, 5.74) is -1.08. The maximum absolute atomic E-state index is 13.7.